The van der Waals surface area contributed by atoms with Gasteiger partial charge in [-0.2, -0.15) is 5.11 Å². The molecule has 4 rings (SSSR count). The van der Waals surface area contributed by atoms with Gasteiger partial charge in [0, 0.05) is 5.02 Å². The van der Waals surface area contributed by atoms with Crippen molar-refractivity contribution in [1.29, 1.82) is 0 Å². The Labute approximate surface area is 143 Å². The van der Waals surface area contributed by atoms with E-state index in [1.165, 1.54) is 4.90 Å². The molecule has 0 spiro atoms. The van der Waals surface area contributed by atoms with Crippen LogP contribution in [0.1, 0.15) is 5.56 Å². The van der Waals surface area contributed by atoms with Crippen molar-refractivity contribution in [3.63, 3.8) is 0 Å². The molecule has 120 valence electrons. The van der Waals surface area contributed by atoms with Crippen LogP contribution in [-0.4, -0.2) is 28.9 Å². The highest BCUT2D eigenvalue weighted by atomic mass is 35.5. The van der Waals surface area contributed by atoms with Crippen LogP contribution in [0.5, 0.6) is 0 Å². The predicted molar refractivity (Wildman–Crippen MR) is 88.4 cm³/mol. The maximum Gasteiger partial charge on any atom is 0.263 e. The van der Waals surface area contributed by atoms with Crippen molar-refractivity contribution in [3.8, 4) is 0 Å². The third-order valence-corrected chi connectivity index (χ3v) is 4.34. The van der Waals surface area contributed by atoms with Crippen LogP contribution in [0.25, 0.3) is 0 Å². The van der Waals surface area contributed by atoms with Crippen LogP contribution >= 0.6 is 11.6 Å². The molecule has 2 aliphatic rings. The molecule has 2 amide bonds. The zero-order valence-electron chi connectivity index (χ0n) is 12.5. The average Bonchev–Trinajstić information content (AvgIpc) is 3.09. The second-order valence-electron chi connectivity index (χ2n) is 5.67. The second-order valence-corrected chi connectivity index (χ2v) is 6.11. The lowest BCUT2D eigenvalue weighted by Crippen LogP contribution is -2.39. The normalized spacial score (nSPS) is 22.4. The molecule has 7 heteroatoms. The Morgan fingerprint density at radius 1 is 1.00 bits per heavy atom. The molecule has 1 fully saturated rings. The van der Waals surface area contributed by atoms with Gasteiger partial charge in [0.05, 0.1) is 12.2 Å². The van der Waals surface area contributed by atoms with E-state index in [1.54, 1.807) is 41.4 Å². The third-order valence-electron chi connectivity index (χ3n) is 4.11. The van der Waals surface area contributed by atoms with Crippen LogP contribution < -0.4 is 4.90 Å². The van der Waals surface area contributed by atoms with E-state index in [2.05, 4.69) is 10.3 Å². The maximum absolute atomic E-state index is 12.8. The molecule has 2 atom stereocenters. The van der Waals surface area contributed by atoms with E-state index >= 15 is 0 Å². The zero-order chi connectivity index (χ0) is 16.7. The van der Waals surface area contributed by atoms with Crippen molar-refractivity contribution in [1.82, 2.24) is 5.01 Å². The van der Waals surface area contributed by atoms with E-state index < -0.39 is 12.1 Å². The zero-order valence-corrected chi connectivity index (χ0v) is 13.3. The summed E-state index contributed by atoms with van der Waals surface area (Å²) >= 11 is 5.99. The molecule has 2 aromatic carbocycles. The summed E-state index contributed by atoms with van der Waals surface area (Å²) in [6, 6.07) is 14.7. The minimum Gasteiger partial charge on any atom is -0.271 e. The minimum atomic E-state index is -0.781. The summed E-state index contributed by atoms with van der Waals surface area (Å²) in [6.07, 6.45) is 0. The van der Waals surface area contributed by atoms with Gasteiger partial charge in [0.25, 0.3) is 11.8 Å². The third kappa shape index (κ3) is 2.35. The van der Waals surface area contributed by atoms with Gasteiger partial charge in [-0.15, -0.1) is 0 Å². The first-order valence-electron chi connectivity index (χ1n) is 7.50. The van der Waals surface area contributed by atoms with Gasteiger partial charge in [-0.3, -0.25) is 14.6 Å². The molecule has 2 heterocycles. The van der Waals surface area contributed by atoms with Crippen molar-refractivity contribution in [2.45, 2.75) is 18.6 Å². The number of hydrogen-bond donors (Lipinski definition) is 0. The standard InChI is InChI=1S/C17H13ClN4O2/c18-12-6-4-5-11(9-12)10-21-15-14(19-20-21)16(23)22(17(15)24)13-7-2-1-3-8-13/h1-9,14-15H,10H2. The lowest BCUT2D eigenvalue weighted by molar-refractivity contribution is -0.123. The summed E-state index contributed by atoms with van der Waals surface area (Å²) in [5.41, 5.74) is 1.46. The van der Waals surface area contributed by atoms with E-state index in [4.69, 9.17) is 11.6 Å². The first-order chi connectivity index (χ1) is 11.6. The number of carbonyl (C=O) groups excluding carboxylic acids is 2. The fourth-order valence-corrected chi connectivity index (χ4v) is 3.22. The van der Waals surface area contributed by atoms with Crippen molar-refractivity contribution in [2.24, 2.45) is 10.3 Å². The van der Waals surface area contributed by atoms with Gasteiger partial charge in [-0.25, -0.2) is 4.90 Å². The summed E-state index contributed by atoms with van der Waals surface area (Å²) in [5.74, 6) is -0.642. The molecule has 6 nitrogen and oxygen atoms in total. The van der Waals surface area contributed by atoms with Gasteiger partial charge < -0.3 is 0 Å². The van der Waals surface area contributed by atoms with Crippen molar-refractivity contribution < 1.29 is 9.59 Å². The average molecular weight is 341 g/mol. The summed E-state index contributed by atoms with van der Waals surface area (Å²) in [6.45, 7) is 0.368. The number of carbonyl (C=O) groups is 2. The first-order valence-corrected chi connectivity index (χ1v) is 7.87. The molecule has 1 saturated heterocycles. The van der Waals surface area contributed by atoms with E-state index in [0.717, 1.165) is 5.56 Å². The number of rotatable bonds is 3. The quantitative estimate of drug-likeness (QED) is 0.807. The minimum absolute atomic E-state index is 0.303. The largest absolute Gasteiger partial charge is 0.271 e. The molecule has 2 aliphatic heterocycles. The smallest absolute Gasteiger partial charge is 0.263 e. The van der Waals surface area contributed by atoms with Crippen LogP contribution in [-0.2, 0) is 16.1 Å². The van der Waals surface area contributed by atoms with Gasteiger partial charge >= 0.3 is 0 Å². The topological polar surface area (TPSA) is 65.3 Å². The van der Waals surface area contributed by atoms with Crippen molar-refractivity contribution in [3.05, 3.63) is 65.2 Å². The van der Waals surface area contributed by atoms with Gasteiger partial charge in [-0.1, -0.05) is 47.2 Å². The fourth-order valence-electron chi connectivity index (χ4n) is 3.01. The summed E-state index contributed by atoms with van der Waals surface area (Å²) in [7, 11) is 0. The Morgan fingerprint density at radius 2 is 1.79 bits per heavy atom. The van der Waals surface area contributed by atoms with Crippen LogP contribution in [0.4, 0.5) is 5.69 Å². The second kappa shape index (κ2) is 5.72. The number of halogens is 1. The lowest BCUT2D eigenvalue weighted by atomic mass is 10.1. The van der Waals surface area contributed by atoms with Crippen LogP contribution in [0, 0.1) is 0 Å². The van der Waals surface area contributed by atoms with E-state index in [0.29, 0.717) is 17.3 Å². The maximum atomic E-state index is 12.8. The number of imide groups is 1. The highest BCUT2D eigenvalue weighted by molar-refractivity contribution is 6.30. The lowest BCUT2D eigenvalue weighted by Gasteiger charge is -2.20. The molecular formula is C17H13ClN4O2. The number of fused-ring (bicyclic) bond motifs is 1. The van der Waals surface area contributed by atoms with Crippen LogP contribution in [0.15, 0.2) is 64.9 Å². The number of benzene rings is 2. The molecule has 0 N–H and O–H groups in total. The van der Waals surface area contributed by atoms with Crippen LogP contribution in [0.3, 0.4) is 0 Å². The molecule has 0 bridgehead atoms. The number of hydrogen-bond acceptors (Lipinski definition) is 5. The Morgan fingerprint density at radius 3 is 2.54 bits per heavy atom. The van der Waals surface area contributed by atoms with Gasteiger partial charge in [0.1, 0.15) is 0 Å². The Bertz CT molecular complexity index is 839. The Hall–Kier alpha value is -2.73. The highest BCUT2D eigenvalue weighted by Crippen LogP contribution is 2.32. The monoisotopic (exact) mass is 340 g/mol. The number of amides is 2. The van der Waals surface area contributed by atoms with Gasteiger partial charge in [-0.05, 0) is 29.8 Å². The molecule has 0 aliphatic carbocycles. The molecule has 2 aromatic rings. The Kier molecular flexibility index (Phi) is 3.54. The van der Waals surface area contributed by atoms with Gasteiger partial charge in [0.2, 0.25) is 0 Å². The Balaban J connectivity index is 1.61. The summed E-state index contributed by atoms with van der Waals surface area (Å²) in [5, 5.41) is 10.2. The number of para-hydroxylation sites is 1. The van der Waals surface area contributed by atoms with Crippen molar-refractivity contribution in [2.75, 3.05) is 4.90 Å². The van der Waals surface area contributed by atoms with Crippen molar-refractivity contribution >= 4 is 29.1 Å². The summed E-state index contributed by atoms with van der Waals surface area (Å²) in [4.78, 5) is 26.5. The number of anilines is 1. The van der Waals surface area contributed by atoms with E-state index in [9.17, 15) is 9.59 Å². The SMILES string of the molecule is O=C1C2N=NN(Cc3cccc(Cl)c3)C2C(=O)N1c1ccccc1. The molecule has 0 aromatic heterocycles. The van der Waals surface area contributed by atoms with E-state index in [-0.39, 0.29) is 11.8 Å². The molecule has 24 heavy (non-hydrogen) atoms. The van der Waals surface area contributed by atoms with Crippen LogP contribution in [0.2, 0.25) is 5.02 Å². The van der Waals surface area contributed by atoms with E-state index in [1.807, 2.05) is 18.2 Å². The van der Waals surface area contributed by atoms with Gasteiger partial charge in [0.15, 0.2) is 12.1 Å². The first kappa shape index (κ1) is 14.8. The predicted octanol–water partition coefficient (Wildman–Crippen LogP) is 2.83. The molecule has 0 radical (unpaired) electrons. The molecule has 0 saturated carbocycles. The fraction of sp³-hybridized carbons (Fsp3) is 0.176. The highest BCUT2D eigenvalue weighted by Gasteiger charge is 2.54. The molecule has 2 unspecified atom stereocenters. The number of nitrogens with zero attached hydrogens (tertiary/aromatic N) is 4. The summed E-state index contributed by atoms with van der Waals surface area (Å²) < 4.78 is 0. The molecular weight excluding hydrogens is 328 g/mol.